The van der Waals surface area contributed by atoms with Gasteiger partial charge >= 0.3 is 0 Å². The molecule has 2 aromatic heterocycles. The molecule has 3 heterocycles. The second kappa shape index (κ2) is 6.20. The van der Waals surface area contributed by atoms with Crippen LogP contribution in [0.3, 0.4) is 0 Å². The van der Waals surface area contributed by atoms with Crippen LogP contribution in [0.15, 0.2) is 42.7 Å². The normalized spacial score (nSPS) is 17.3. The molecule has 0 spiro atoms. The Labute approximate surface area is 140 Å². The summed E-state index contributed by atoms with van der Waals surface area (Å²) in [5, 5.41) is 14.9. The molecule has 0 bridgehead atoms. The van der Waals surface area contributed by atoms with E-state index in [0.29, 0.717) is 5.78 Å². The number of nitrogens with zero attached hydrogens (tertiary/aromatic N) is 5. The number of anilines is 1. The zero-order valence-electron chi connectivity index (χ0n) is 13.7. The van der Waals surface area contributed by atoms with Crippen molar-refractivity contribution in [2.45, 2.75) is 25.9 Å². The molecule has 4 rings (SSSR count). The third-order valence-electron chi connectivity index (χ3n) is 4.81. The van der Waals surface area contributed by atoms with Gasteiger partial charge in [0.05, 0.1) is 6.10 Å². The molecule has 1 aliphatic heterocycles. The number of aliphatic hydroxyl groups is 1. The summed E-state index contributed by atoms with van der Waals surface area (Å²) in [7, 11) is 0. The quantitative estimate of drug-likeness (QED) is 0.801. The lowest BCUT2D eigenvalue weighted by Gasteiger charge is -2.35. The van der Waals surface area contributed by atoms with Gasteiger partial charge in [0, 0.05) is 24.8 Å². The number of hydrogen-bond donors (Lipinski definition) is 1. The second-order valence-electron chi connectivity index (χ2n) is 6.41. The highest BCUT2D eigenvalue weighted by molar-refractivity contribution is 5.47. The van der Waals surface area contributed by atoms with E-state index in [-0.39, 0.29) is 12.0 Å². The van der Waals surface area contributed by atoms with Crippen LogP contribution in [0.25, 0.3) is 5.78 Å². The van der Waals surface area contributed by atoms with Crippen LogP contribution in [0.4, 0.5) is 5.82 Å². The molecule has 0 amide bonds. The molecule has 1 atom stereocenters. The topological polar surface area (TPSA) is 66.5 Å². The lowest BCUT2D eigenvalue weighted by molar-refractivity contribution is 0.0928. The Morgan fingerprint density at radius 3 is 2.67 bits per heavy atom. The van der Waals surface area contributed by atoms with Gasteiger partial charge in [0.25, 0.3) is 5.78 Å². The van der Waals surface area contributed by atoms with E-state index in [9.17, 15) is 5.11 Å². The first-order chi connectivity index (χ1) is 11.7. The number of fused-ring (bicyclic) bond motifs is 1. The van der Waals surface area contributed by atoms with E-state index in [1.807, 2.05) is 37.3 Å². The molecule has 0 saturated carbocycles. The summed E-state index contributed by atoms with van der Waals surface area (Å²) in [6.45, 7) is 3.77. The molecule has 6 heteroatoms. The maximum atomic E-state index is 10.6. The van der Waals surface area contributed by atoms with Crippen molar-refractivity contribution in [2.24, 2.45) is 5.92 Å². The van der Waals surface area contributed by atoms with Crippen LogP contribution in [0.5, 0.6) is 0 Å². The van der Waals surface area contributed by atoms with Crippen LogP contribution in [0.2, 0.25) is 0 Å². The Balaban J connectivity index is 1.51. The summed E-state index contributed by atoms with van der Waals surface area (Å²) in [6, 6.07) is 12.0. The number of aliphatic hydroxyl groups excluding tert-OH is 1. The molecule has 1 saturated heterocycles. The van der Waals surface area contributed by atoms with Gasteiger partial charge in [-0.3, -0.25) is 0 Å². The zero-order chi connectivity index (χ0) is 16.5. The Kier molecular flexibility index (Phi) is 3.90. The van der Waals surface area contributed by atoms with E-state index in [2.05, 4.69) is 26.0 Å². The van der Waals surface area contributed by atoms with Crippen LogP contribution in [-0.4, -0.2) is 37.8 Å². The summed E-state index contributed by atoms with van der Waals surface area (Å²) in [6.07, 6.45) is 3.05. The van der Waals surface area contributed by atoms with Crippen LogP contribution in [0.1, 0.15) is 30.2 Å². The Hall–Kier alpha value is -2.47. The van der Waals surface area contributed by atoms with Crippen molar-refractivity contribution >= 4 is 11.6 Å². The molecule has 6 nitrogen and oxygen atoms in total. The van der Waals surface area contributed by atoms with Gasteiger partial charge in [-0.1, -0.05) is 30.3 Å². The molecule has 24 heavy (non-hydrogen) atoms. The summed E-state index contributed by atoms with van der Waals surface area (Å²) in [5.41, 5.74) is 1.95. The first-order valence-corrected chi connectivity index (χ1v) is 8.38. The number of benzene rings is 1. The molecule has 1 aliphatic rings. The number of aromatic nitrogens is 4. The molecule has 1 unspecified atom stereocenters. The predicted octanol–water partition coefficient (Wildman–Crippen LogP) is 2.38. The lowest BCUT2D eigenvalue weighted by atomic mass is 9.87. The van der Waals surface area contributed by atoms with E-state index >= 15 is 0 Å². The number of aryl methyl sites for hydroxylation is 1. The van der Waals surface area contributed by atoms with Gasteiger partial charge in [0.2, 0.25) is 0 Å². The van der Waals surface area contributed by atoms with Crippen molar-refractivity contribution in [3.63, 3.8) is 0 Å². The minimum atomic E-state index is -0.390. The Morgan fingerprint density at radius 2 is 1.92 bits per heavy atom. The Bertz CT molecular complexity index is 824. The number of hydrogen-bond acceptors (Lipinski definition) is 5. The minimum absolute atomic E-state index is 0.290. The molecule has 1 aromatic carbocycles. The van der Waals surface area contributed by atoms with Crippen LogP contribution >= 0.6 is 0 Å². The van der Waals surface area contributed by atoms with Crippen molar-refractivity contribution in [2.75, 3.05) is 18.0 Å². The Morgan fingerprint density at radius 1 is 1.17 bits per heavy atom. The molecular weight excluding hydrogens is 302 g/mol. The van der Waals surface area contributed by atoms with Gasteiger partial charge in [-0.15, -0.1) is 0 Å². The summed E-state index contributed by atoms with van der Waals surface area (Å²) >= 11 is 0. The predicted molar refractivity (Wildman–Crippen MR) is 91.9 cm³/mol. The van der Waals surface area contributed by atoms with Crippen LogP contribution in [-0.2, 0) is 0 Å². The standard InChI is InChI=1S/C18H21N5O/c1-13-11-16(23-18(21-13)19-12-20-23)22-9-7-15(8-10-22)17(24)14-5-3-2-4-6-14/h2-6,11-12,15,17,24H,7-10H2,1H3. The fourth-order valence-corrected chi connectivity index (χ4v) is 3.50. The van der Waals surface area contributed by atoms with E-state index in [1.165, 1.54) is 6.33 Å². The third-order valence-corrected chi connectivity index (χ3v) is 4.81. The zero-order valence-corrected chi connectivity index (χ0v) is 13.7. The third kappa shape index (κ3) is 2.73. The average Bonchev–Trinajstić information content (AvgIpc) is 3.09. The van der Waals surface area contributed by atoms with Gasteiger partial charge in [-0.2, -0.15) is 14.6 Å². The molecule has 3 aromatic rings. The van der Waals surface area contributed by atoms with E-state index in [4.69, 9.17) is 0 Å². The summed E-state index contributed by atoms with van der Waals surface area (Å²) in [4.78, 5) is 10.9. The van der Waals surface area contributed by atoms with Crippen molar-refractivity contribution < 1.29 is 5.11 Å². The van der Waals surface area contributed by atoms with E-state index in [1.54, 1.807) is 4.52 Å². The van der Waals surface area contributed by atoms with E-state index < -0.39 is 0 Å². The van der Waals surface area contributed by atoms with Gasteiger partial charge in [-0.25, -0.2) is 4.98 Å². The van der Waals surface area contributed by atoms with Crippen molar-refractivity contribution in [1.29, 1.82) is 0 Å². The fourth-order valence-electron chi connectivity index (χ4n) is 3.50. The number of piperidine rings is 1. The number of rotatable bonds is 3. The molecule has 1 N–H and O–H groups in total. The van der Waals surface area contributed by atoms with Crippen LogP contribution in [0, 0.1) is 12.8 Å². The van der Waals surface area contributed by atoms with Gasteiger partial charge in [0.1, 0.15) is 12.1 Å². The van der Waals surface area contributed by atoms with Crippen molar-refractivity contribution in [1.82, 2.24) is 19.6 Å². The van der Waals surface area contributed by atoms with Crippen molar-refractivity contribution in [3.8, 4) is 0 Å². The molecule has 124 valence electrons. The van der Waals surface area contributed by atoms with Crippen molar-refractivity contribution in [3.05, 3.63) is 54.0 Å². The highest BCUT2D eigenvalue weighted by atomic mass is 16.3. The van der Waals surface area contributed by atoms with Gasteiger partial charge in [-0.05, 0) is 31.2 Å². The monoisotopic (exact) mass is 323 g/mol. The maximum absolute atomic E-state index is 10.6. The minimum Gasteiger partial charge on any atom is -0.388 e. The lowest BCUT2D eigenvalue weighted by Crippen LogP contribution is -2.37. The highest BCUT2D eigenvalue weighted by Gasteiger charge is 2.27. The van der Waals surface area contributed by atoms with Gasteiger partial charge in [0.15, 0.2) is 0 Å². The van der Waals surface area contributed by atoms with Crippen LogP contribution < -0.4 is 4.90 Å². The average molecular weight is 323 g/mol. The molecule has 0 radical (unpaired) electrons. The summed E-state index contributed by atoms with van der Waals surface area (Å²) < 4.78 is 1.79. The maximum Gasteiger partial charge on any atom is 0.254 e. The van der Waals surface area contributed by atoms with E-state index in [0.717, 1.165) is 43.0 Å². The molecular formula is C18H21N5O. The fraction of sp³-hybridized carbons (Fsp3) is 0.389. The first kappa shape index (κ1) is 15.1. The SMILES string of the molecule is Cc1cc(N2CCC(C(O)c3ccccc3)CC2)n2ncnc2n1. The highest BCUT2D eigenvalue weighted by Crippen LogP contribution is 2.32. The molecule has 0 aliphatic carbocycles. The first-order valence-electron chi connectivity index (χ1n) is 8.38. The second-order valence-corrected chi connectivity index (χ2v) is 6.41. The largest absolute Gasteiger partial charge is 0.388 e. The molecule has 1 fully saturated rings. The van der Waals surface area contributed by atoms with Gasteiger partial charge < -0.3 is 10.0 Å². The summed E-state index contributed by atoms with van der Waals surface area (Å²) in [5.74, 6) is 1.96. The smallest absolute Gasteiger partial charge is 0.254 e.